The van der Waals surface area contributed by atoms with Crippen LogP contribution in [-0.2, 0) is 11.2 Å². The molecule has 8 heteroatoms. The van der Waals surface area contributed by atoms with Crippen molar-refractivity contribution in [2.45, 2.75) is 45.6 Å². The molecule has 2 fully saturated rings. The molecule has 2 amide bonds. The molecule has 2 heterocycles. The van der Waals surface area contributed by atoms with Crippen molar-refractivity contribution in [1.82, 2.24) is 15.1 Å². The molecule has 2 aromatic carbocycles. The van der Waals surface area contributed by atoms with Crippen LogP contribution in [0.15, 0.2) is 48.5 Å². The number of benzene rings is 2. The SMILES string of the molecule is CC(=O)CN1CC[C@@H](NC(=O)Nc2cccc(C(C)=O)c2)[C@H](CN2CCCC(Cc3ccc(F)cc3)C2)C1. The Morgan fingerprint density at radius 1 is 0.974 bits per heavy atom. The molecule has 0 spiro atoms. The van der Waals surface area contributed by atoms with Crippen molar-refractivity contribution in [1.29, 1.82) is 0 Å². The molecule has 2 N–H and O–H groups in total. The fourth-order valence-corrected chi connectivity index (χ4v) is 5.86. The van der Waals surface area contributed by atoms with Crippen molar-refractivity contribution in [3.63, 3.8) is 0 Å². The molecule has 0 aromatic heterocycles. The quantitative estimate of drug-likeness (QED) is 0.478. The lowest BCUT2D eigenvalue weighted by atomic mass is 9.88. The zero-order valence-corrected chi connectivity index (χ0v) is 22.4. The van der Waals surface area contributed by atoms with E-state index < -0.39 is 0 Å². The molecule has 2 aliphatic heterocycles. The summed E-state index contributed by atoms with van der Waals surface area (Å²) in [7, 11) is 0. The van der Waals surface area contributed by atoms with Crippen molar-refractivity contribution in [2.24, 2.45) is 11.8 Å². The van der Waals surface area contributed by atoms with E-state index in [1.807, 2.05) is 12.1 Å². The van der Waals surface area contributed by atoms with E-state index in [0.717, 1.165) is 64.0 Å². The van der Waals surface area contributed by atoms with Crippen LogP contribution in [-0.4, -0.2) is 72.7 Å². The highest BCUT2D eigenvalue weighted by Gasteiger charge is 2.33. The van der Waals surface area contributed by atoms with Gasteiger partial charge in [0.1, 0.15) is 11.6 Å². The average Bonchev–Trinajstić information content (AvgIpc) is 2.87. The highest BCUT2D eigenvalue weighted by molar-refractivity contribution is 5.96. The maximum absolute atomic E-state index is 13.3. The zero-order chi connectivity index (χ0) is 27.1. The first-order valence-corrected chi connectivity index (χ1v) is 13.6. The van der Waals surface area contributed by atoms with Crippen LogP contribution in [0.5, 0.6) is 0 Å². The first-order chi connectivity index (χ1) is 18.2. The minimum Gasteiger partial charge on any atom is -0.335 e. The van der Waals surface area contributed by atoms with Crippen molar-refractivity contribution in [2.75, 3.05) is 44.6 Å². The first kappa shape index (κ1) is 27.9. The van der Waals surface area contributed by atoms with Gasteiger partial charge in [0.05, 0.1) is 6.54 Å². The van der Waals surface area contributed by atoms with E-state index >= 15 is 0 Å². The summed E-state index contributed by atoms with van der Waals surface area (Å²) in [4.78, 5) is 41.1. The summed E-state index contributed by atoms with van der Waals surface area (Å²) >= 11 is 0. The molecule has 7 nitrogen and oxygen atoms in total. The number of hydrogen-bond acceptors (Lipinski definition) is 5. The van der Waals surface area contributed by atoms with Gasteiger partial charge in [-0.2, -0.15) is 0 Å². The molecule has 1 unspecified atom stereocenters. The van der Waals surface area contributed by atoms with E-state index in [0.29, 0.717) is 23.7 Å². The molecule has 3 atom stereocenters. The van der Waals surface area contributed by atoms with Gasteiger partial charge in [-0.3, -0.25) is 14.5 Å². The number of amides is 2. The lowest BCUT2D eigenvalue weighted by Gasteiger charge is -2.42. The number of urea groups is 1. The first-order valence-electron chi connectivity index (χ1n) is 13.6. The third kappa shape index (κ3) is 8.20. The van der Waals surface area contributed by atoms with Gasteiger partial charge in [-0.1, -0.05) is 24.3 Å². The molecule has 2 saturated heterocycles. The number of carbonyl (C=O) groups excluding carboxylic acids is 3. The van der Waals surface area contributed by atoms with Crippen LogP contribution in [0.1, 0.15) is 49.0 Å². The van der Waals surface area contributed by atoms with Gasteiger partial charge in [-0.25, -0.2) is 9.18 Å². The highest BCUT2D eigenvalue weighted by Crippen LogP contribution is 2.25. The van der Waals surface area contributed by atoms with Crippen molar-refractivity contribution >= 4 is 23.3 Å². The van der Waals surface area contributed by atoms with Gasteiger partial charge in [-0.15, -0.1) is 0 Å². The maximum atomic E-state index is 13.3. The lowest BCUT2D eigenvalue weighted by molar-refractivity contribution is -0.118. The summed E-state index contributed by atoms with van der Waals surface area (Å²) in [5, 5.41) is 6.06. The van der Waals surface area contributed by atoms with E-state index in [2.05, 4.69) is 20.4 Å². The number of carbonyl (C=O) groups is 3. The summed E-state index contributed by atoms with van der Waals surface area (Å²) in [6.45, 7) is 7.89. The standard InChI is InChI=1S/C30H39FN4O3/c1-21(36)17-35-14-12-29(33-30(38)32-28-7-3-6-25(16-28)22(2)37)26(20-35)19-34-13-4-5-24(18-34)15-23-8-10-27(31)11-9-23/h3,6-11,16,24,26,29H,4-5,12-15,17-20H2,1-2H3,(H2,32,33,38)/t24?,26-,29-/m1/s1. The monoisotopic (exact) mass is 522 g/mol. The molecule has 4 rings (SSSR count). The molecule has 2 aliphatic rings. The Bertz CT molecular complexity index is 1120. The molecular weight excluding hydrogens is 483 g/mol. The van der Waals surface area contributed by atoms with Crippen LogP contribution in [0.25, 0.3) is 0 Å². The topological polar surface area (TPSA) is 81.8 Å². The summed E-state index contributed by atoms with van der Waals surface area (Å²) in [6.07, 6.45) is 3.96. The van der Waals surface area contributed by atoms with Crippen LogP contribution in [0, 0.1) is 17.7 Å². The highest BCUT2D eigenvalue weighted by atomic mass is 19.1. The molecule has 0 saturated carbocycles. The fourth-order valence-electron chi connectivity index (χ4n) is 5.86. The van der Waals surface area contributed by atoms with Gasteiger partial charge in [-0.05, 0) is 81.8 Å². The van der Waals surface area contributed by atoms with Crippen LogP contribution in [0.4, 0.5) is 14.9 Å². The predicted octanol–water partition coefficient (Wildman–Crippen LogP) is 4.38. The lowest BCUT2D eigenvalue weighted by Crippen LogP contribution is -2.56. The fraction of sp³-hybridized carbons (Fsp3) is 0.500. The van der Waals surface area contributed by atoms with Crippen molar-refractivity contribution in [3.8, 4) is 0 Å². The van der Waals surface area contributed by atoms with Crippen LogP contribution in [0.3, 0.4) is 0 Å². The minimum absolute atomic E-state index is 0.0216. The van der Waals surface area contributed by atoms with E-state index in [1.54, 1.807) is 31.2 Å². The Kier molecular flexibility index (Phi) is 9.63. The number of hydrogen-bond donors (Lipinski definition) is 2. The second-order valence-electron chi connectivity index (χ2n) is 10.9. The summed E-state index contributed by atoms with van der Waals surface area (Å²) in [6, 6.07) is 13.4. The van der Waals surface area contributed by atoms with Gasteiger partial charge in [0, 0.05) is 49.4 Å². The summed E-state index contributed by atoms with van der Waals surface area (Å²) in [5.41, 5.74) is 2.30. The van der Waals surface area contributed by atoms with E-state index in [-0.39, 0.29) is 35.4 Å². The third-order valence-electron chi connectivity index (χ3n) is 7.64. The molecule has 0 bridgehead atoms. The summed E-state index contributed by atoms with van der Waals surface area (Å²) < 4.78 is 13.3. The maximum Gasteiger partial charge on any atom is 0.319 e. The number of piperidine rings is 2. The van der Waals surface area contributed by atoms with Crippen LogP contribution < -0.4 is 10.6 Å². The zero-order valence-electron chi connectivity index (χ0n) is 22.4. The molecule has 2 aromatic rings. The Labute approximate surface area is 224 Å². The third-order valence-corrected chi connectivity index (χ3v) is 7.64. The molecule has 0 aliphatic carbocycles. The molecule has 204 valence electrons. The Balaban J connectivity index is 1.38. The van der Waals surface area contributed by atoms with Gasteiger partial charge >= 0.3 is 6.03 Å². The van der Waals surface area contributed by atoms with E-state index in [1.165, 1.54) is 19.1 Å². The Morgan fingerprint density at radius 3 is 2.50 bits per heavy atom. The van der Waals surface area contributed by atoms with Crippen molar-refractivity contribution in [3.05, 3.63) is 65.5 Å². The van der Waals surface area contributed by atoms with E-state index in [9.17, 15) is 18.8 Å². The number of nitrogens with zero attached hydrogens (tertiary/aromatic N) is 2. The minimum atomic E-state index is -0.284. The second-order valence-corrected chi connectivity index (χ2v) is 10.9. The Morgan fingerprint density at radius 2 is 1.76 bits per heavy atom. The average molecular weight is 523 g/mol. The number of rotatable bonds is 9. The molecule has 0 radical (unpaired) electrons. The summed E-state index contributed by atoms with van der Waals surface area (Å²) in [5.74, 6) is 0.582. The normalized spacial score (nSPS) is 22.6. The number of halogens is 1. The molecule has 38 heavy (non-hydrogen) atoms. The van der Waals surface area contributed by atoms with Gasteiger partial charge in [0.15, 0.2) is 5.78 Å². The molecular formula is C30H39FN4O3. The largest absolute Gasteiger partial charge is 0.335 e. The number of anilines is 1. The van der Waals surface area contributed by atoms with Crippen LogP contribution >= 0.6 is 0 Å². The van der Waals surface area contributed by atoms with Gasteiger partial charge < -0.3 is 15.5 Å². The van der Waals surface area contributed by atoms with Gasteiger partial charge in [0.2, 0.25) is 0 Å². The predicted molar refractivity (Wildman–Crippen MR) is 147 cm³/mol. The number of Topliss-reactive ketones (excluding diaryl/α,β-unsaturated/α-hetero) is 2. The van der Waals surface area contributed by atoms with Crippen molar-refractivity contribution < 1.29 is 18.8 Å². The second kappa shape index (κ2) is 13.1. The number of ketones is 2. The number of likely N-dealkylation sites (tertiary alicyclic amines) is 2. The van der Waals surface area contributed by atoms with E-state index in [4.69, 9.17) is 0 Å². The smallest absolute Gasteiger partial charge is 0.319 e. The number of nitrogens with one attached hydrogen (secondary N) is 2. The Hall–Kier alpha value is -3.10. The van der Waals surface area contributed by atoms with Crippen LogP contribution in [0.2, 0.25) is 0 Å². The van der Waals surface area contributed by atoms with Gasteiger partial charge in [0.25, 0.3) is 0 Å².